The van der Waals surface area contributed by atoms with Gasteiger partial charge >= 0.3 is 0 Å². The summed E-state index contributed by atoms with van der Waals surface area (Å²) in [5.74, 6) is 0.982. The van der Waals surface area contributed by atoms with Gasteiger partial charge in [0.15, 0.2) is 0 Å². The summed E-state index contributed by atoms with van der Waals surface area (Å²) in [5.41, 5.74) is 4.11. The molecule has 0 saturated carbocycles. The number of benzene rings is 1. The maximum atomic E-state index is 5.32. The molecule has 2 heteroatoms. The van der Waals surface area contributed by atoms with Crippen LogP contribution in [0.25, 0.3) is 0 Å². The molecule has 0 aliphatic carbocycles. The van der Waals surface area contributed by atoms with E-state index >= 15 is 0 Å². The van der Waals surface area contributed by atoms with Crippen LogP contribution >= 0.6 is 0 Å². The number of ether oxygens (including phenoxy) is 1. The van der Waals surface area contributed by atoms with Crippen molar-refractivity contribution in [1.82, 2.24) is 5.32 Å². The van der Waals surface area contributed by atoms with Gasteiger partial charge in [-0.05, 0) is 70.3 Å². The molecule has 1 rings (SSSR count). The van der Waals surface area contributed by atoms with Crippen LogP contribution in [0.4, 0.5) is 0 Å². The standard InChI is InChI=1S/C15H25NO/c1-11-10-14(17-6)12(2)9-13(11)7-8-16-15(3,4)5/h9-10,16H,7-8H2,1-6H3. The van der Waals surface area contributed by atoms with E-state index in [0.29, 0.717) is 0 Å². The van der Waals surface area contributed by atoms with Crippen LogP contribution in [-0.4, -0.2) is 19.2 Å². The van der Waals surface area contributed by atoms with Gasteiger partial charge in [-0.2, -0.15) is 0 Å². The van der Waals surface area contributed by atoms with Crippen molar-refractivity contribution in [3.63, 3.8) is 0 Å². The summed E-state index contributed by atoms with van der Waals surface area (Å²) >= 11 is 0. The second kappa shape index (κ2) is 5.54. The summed E-state index contributed by atoms with van der Waals surface area (Å²) in [6.07, 6.45) is 1.06. The number of hydrogen-bond acceptors (Lipinski definition) is 2. The highest BCUT2D eigenvalue weighted by Crippen LogP contribution is 2.22. The second-order valence-corrected chi connectivity index (χ2v) is 5.68. The summed E-state index contributed by atoms with van der Waals surface area (Å²) in [4.78, 5) is 0. The molecule has 0 atom stereocenters. The average Bonchev–Trinajstić information content (AvgIpc) is 2.20. The summed E-state index contributed by atoms with van der Waals surface area (Å²) in [5, 5.41) is 3.51. The van der Waals surface area contributed by atoms with Gasteiger partial charge in [-0.1, -0.05) is 6.07 Å². The molecule has 2 nitrogen and oxygen atoms in total. The Bertz CT molecular complexity index is 377. The van der Waals surface area contributed by atoms with Crippen LogP contribution in [0.3, 0.4) is 0 Å². The van der Waals surface area contributed by atoms with E-state index in [2.05, 4.69) is 52.1 Å². The highest BCUT2D eigenvalue weighted by atomic mass is 16.5. The lowest BCUT2D eigenvalue weighted by Crippen LogP contribution is -2.37. The van der Waals surface area contributed by atoms with Gasteiger partial charge in [0.25, 0.3) is 0 Å². The minimum absolute atomic E-state index is 0.190. The fraction of sp³-hybridized carbons (Fsp3) is 0.600. The van der Waals surface area contributed by atoms with Crippen molar-refractivity contribution >= 4 is 0 Å². The number of methoxy groups -OCH3 is 1. The predicted octanol–water partition coefficient (Wildman–Crippen LogP) is 3.24. The molecule has 1 aromatic carbocycles. The quantitative estimate of drug-likeness (QED) is 0.865. The van der Waals surface area contributed by atoms with Gasteiger partial charge in [-0.25, -0.2) is 0 Å². The number of rotatable bonds is 4. The molecule has 1 aromatic rings. The molecule has 0 heterocycles. The molecule has 0 aromatic heterocycles. The van der Waals surface area contributed by atoms with E-state index < -0.39 is 0 Å². The average molecular weight is 235 g/mol. The Morgan fingerprint density at radius 1 is 1.12 bits per heavy atom. The first-order valence-electron chi connectivity index (χ1n) is 6.22. The minimum atomic E-state index is 0.190. The predicted molar refractivity (Wildman–Crippen MR) is 73.9 cm³/mol. The molecule has 0 aliphatic rings. The summed E-state index contributed by atoms with van der Waals surface area (Å²) in [6.45, 7) is 11.8. The van der Waals surface area contributed by atoms with E-state index in [1.54, 1.807) is 7.11 Å². The molecule has 0 bridgehead atoms. The third-order valence-corrected chi connectivity index (χ3v) is 2.90. The molecule has 0 spiro atoms. The normalized spacial score (nSPS) is 11.6. The minimum Gasteiger partial charge on any atom is -0.496 e. The zero-order chi connectivity index (χ0) is 13.1. The van der Waals surface area contributed by atoms with Gasteiger partial charge < -0.3 is 10.1 Å². The highest BCUT2D eigenvalue weighted by molar-refractivity contribution is 5.41. The van der Waals surface area contributed by atoms with Crippen LogP contribution in [0.2, 0.25) is 0 Å². The fourth-order valence-electron chi connectivity index (χ4n) is 1.91. The first-order valence-corrected chi connectivity index (χ1v) is 6.22. The van der Waals surface area contributed by atoms with E-state index in [0.717, 1.165) is 18.7 Å². The van der Waals surface area contributed by atoms with Crippen LogP contribution < -0.4 is 10.1 Å². The molecule has 96 valence electrons. The van der Waals surface area contributed by atoms with Crippen LogP contribution in [0.15, 0.2) is 12.1 Å². The van der Waals surface area contributed by atoms with Gasteiger partial charge in [0.2, 0.25) is 0 Å². The van der Waals surface area contributed by atoms with Crippen LogP contribution in [0.1, 0.15) is 37.5 Å². The number of aryl methyl sites for hydroxylation is 2. The lowest BCUT2D eigenvalue weighted by Gasteiger charge is -2.21. The molecule has 1 N–H and O–H groups in total. The summed E-state index contributed by atoms with van der Waals surface area (Å²) < 4.78 is 5.32. The summed E-state index contributed by atoms with van der Waals surface area (Å²) in [6, 6.07) is 4.36. The Labute approximate surface area is 105 Å². The van der Waals surface area contributed by atoms with Gasteiger partial charge in [0.05, 0.1) is 7.11 Å². The van der Waals surface area contributed by atoms with Crippen molar-refractivity contribution in [2.75, 3.05) is 13.7 Å². The molecule has 17 heavy (non-hydrogen) atoms. The molecule has 0 saturated heterocycles. The number of nitrogens with one attached hydrogen (secondary N) is 1. The Morgan fingerprint density at radius 2 is 1.76 bits per heavy atom. The Morgan fingerprint density at radius 3 is 2.29 bits per heavy atom. The van der Waals surface area contributed by atoms with Crippen molar-refractivity contribution in [3.05, 3.63) is 28.8 Å². The van der Waals surface area contributed by atoms with Crippen molar-refractivity contribution in [2.24, 2.45) is 0 Å². The van der Waals surface area contributed by atoms with Gasteiger partial charge in [0.1, 0.15) is 5.75 Å². The third kappa shape index (κ3) is 4.39. The van der Waals surface area contributed by atoms with Crippen LogP contribution in [0.5, 0.6) is 5.75 Å². The molecular weight excluding hydrogens is 210 g/mol. The molecule has 0 unspecified atom stereocenters. The van der Waals surface area contributed by atoms with E-state index in [1.807, 2.05) is 0 Å². The SMILES string of the molecule is COc1cc(C)c(CCNC(C)(C)C)cc1C. The van der Waals surface area contributed by atoms with E-state index in [1.165, 1.54) is 16.7 Å². The molecule has 0 fully saturated rings. The smallest absolute Gasteiger partial charge is 0.122 e. The molecule has 0 aliphatic heterocycles. The van der Waals surface area contributed by atoms with Crippen molar-refractivity contribution < 1.29 is 4.74 Å². The lowest BCUT2D eigenvalue weighted by molar-refractivity contribution is 0.410. The largest absolute Gasteiger partial charge is 0.496 e. The van der Waals surface area contributed by atoms with Crippen LogP contribution in [-0.2, 0) is 6.42 Å². The van der Waals surface area contributed by atoms with E-state index in [9.17, 15) is 0 Å². The highest BCUT2D eigenvalue weighted by Gasteiger charge is 2.09. The van der Waals surface area contributed by atoms with Gasteiger partial charge in [-0.15, -0.1) is 0 Å². The first-order chi connectivity index (χ1) is 7.83. The fourth-order valence-corrected chi connectivity index (χ4v) is 1.91. The molecule has 0 radical (unpaired) electrons. The van der Waals surface area contributed by atoms with E-state index in [-0.39, 0.29) is 5.54 Å². The van der Waals surface area contributed by atoms with Crippen LogP contribution in [0, 0.1) is 13.8 Å². The maximum Gasteiger partial charge on any atom is 0.122 e. The zero-order valence-corrected chi connectivity index (χ0v) is 12.0. The third-order valence-electron chi connectivity index (χ3n) is 2.90. The Kier molecular flexibility index (Phi) is 4.58. The zero-order valence-electron chi connectivity index (χ0n) is 12.0. The van der Waals surface area contributed by atoms with Gasteiger partial charge in [-0.3, -0.25) is 0 Å². The topological polar surface area (TPSA) is 21.3 Å². The summed E-state index contributed by atoms with van der Waals surface area (Å²) in [7, 11) is 1.72. The lowest BCUT2D eigenvalue weighted by atomic mass is 10.0. The maximum absolute atomic E-state index is 5.32. The second-order valence-electron chi connectivity index (χ2n) is 5.68. The van der Waals surface area contributed by atoms with Crippen molar-refractivity contribution in [2.45, 2.75) is 46.6 Å². The Hall–Kier alpha value is -1.02. The van der Waals surface area contributed by atoms with Gasteiger partial charge in [0, 0.05) is 5.54 Å². The van der Waals surface area contributed by atoms with Crippen molar-refractivity contribution in [3.8, 4) is 5.75 Å². The van der Waals surface area contributed by atoms with Crippen molar-refractivity contribution in [1.29, 1.82) is 0 Å². The van der Waals surface area contributed by atoms with E-state index in [4.69, 9.17) is 4.74 Å². The monoisotopic (exact) mass is 235 g/mol. The molecule has 0 amide bonds. The molecular formula is C15H25NO. The first kappa shape index (κ1) is 14.0. The number of hydrogen-bond donors (Lipinski definition) is 1. The Balaban J connectivity index is 2.69.